The van der Waals surface area contributed by atoms with Gasteiger partial charge < -0.3 is 5.11 Å². The van der Waals surface area contributed by atoms with Crippen LogP contribution in [0, 0.1) is 0 Å². The van der Waals surface area contributed by atoms with Crippen molar-refractivity contribution in [3.05, 3.63) is 66.2 Å². The molecule has 3 nitrogen and oxygen atoms in total. The molecule has 3 aromatic rings. The van der Waals surface area contributed by atoms with Crippen molar-refractivity contribution in [3.8, 4) is 5.75 Å². The van der Waals surface area contributed by atoms with Crippen molar-refractivity contribution in [2.24, 2.45) is 10.2 Å². The molecule has 0 aliphatic rings. The van der Waals surface area contributed by atoms with E-state index in [2.05, 4.69) is 36.2 Å². The monoisotopic (exact) mass is 416 g/mol. The first-order chi connectivity index (χ1) is 15.2. The zero-order chi connectivity index (χ0) is 21.9. The molecule has 0 saturated heterocycles. The Balaban J connectivity index is 1.80. The molecular formula is C28H36N2O. The van der Waals surface area contributed by atoms with Gasteiger partial charge in [-0.1, -0.05) is 107 Å². The smallest absolute Gasteiger partial charge is 0.143 e. The Morgan fingerprint density at radius 3 is 2.29 bits per heavy atom. The SMILES string of the molecule is CCCCCCCC[C@H](CCC)c1ccccc1N=Nc1c(O)ccc2ccccc12. The summed E-state index contributed by atoms with van der Waals surface area (Å²) in [6.45, 7) is 4.52. The highest BCUT2D eigenvalue weighted by Gasteiger charge is 2.15. The van der Waals surface area contributed by atoms with Crippen LogP contribution < -0.4 is 0 Å². The van der Waals surface area contributed by atoms with E-state index in [0.29, 0.717) is 11.6 Å². The first-order valence-corrected chi connectivity index (χ1v) is 12.0. The molecule has 1 atom stereocenters. The van der Waals surface area contributed by atoms with Crippen LogP contribution in [0.25, 0.3) is 10.8 Å². The van der Waals surface area contributed by atoms with Crippen molar-refractivity contribution in [2.45, 2.75) is 77.6 Å². The Hall–Kier alpha value is -2.68. The number of benzene rings is 3. The lowest BCUT2D eigenvalue weighted by molar-refractivity contribution is 0.477. The molecule has 0 aliphatic carbocycles. The number of fused-ring (bicyclic) bond motifs is 1. The van der Waals surface area contributed by atoms with Gasteiger partial charge in [0.05, 0.1) is 5.69 Å². The number of nitrogens with zero attached hydrogens (tertiary/aromatic N) is 2. The Bertz CT molecular complexity index is 980. The summed E-state index contributed by atoms with van der Waals surface area (Å²) in [7, 11) is 0. The fraction of sp³-hybridized carbons (Fsp3) is 0.429. The Morgan fingerprint density at radius 1 is 0.710 bits per heavy atom. The highest BCUT2D eigenvalue weighted by Crippen LogP contribution is 2.38. The zero-order valence-corrected chi connectivity index (χ0v) is 19.1. The molecule has 31 heavy (non-hydrogen) atoms. The summed E-state index contributed by atoms with van der Waals surface area (Å²) in [5, 5.41) is 21.5. The van der Waals surface area contributed by atoms with Crippen molar-refractivity contribution in [1.29, 1.82) is 0 Å². The van der Waals surface area contributed by atoms with Crippen LogP contribution in [0.1, 0.15) is 83.1 Å². The van der Waals surface area contributed by atoms with Crippen LogP contribution >= 0.6 is 0 Å². The molecule has 0 aromatic heterocycles. The number of azo groups is 1. The molecule has 0 amide bonds. The number of hydrogen-bond acceptors (Lipinski definition) is 3. The van der Waals surface area contributed by atoms with E-state index in [1.807, 2.05) is 42.5 Å². The van der Waals surface area contributed by atoms with E-state index in [1.54, 1.807) is 6.07 Å². The normalized spacial score (nSPS) is 12.6. The van der Waals surface area contributed by atoms with Crippen LogP contribution in [-0.4, -0.2) is 5.11 Å². The fourth-order valence-electron chi connectivity index (χ4n) is 4.35. The Labute approximate surface area is 187 Å². The minimum Gasteiger partial charge on any atom is -0.506 e. The van der Waals surface area contributed by atoms with Crippen molar-refractivity contribution in [1.82, 2.24) is 0 Å². The second-order valence-electron chi connectivity index (χ2n) is 8.46. The predicted octanol–water partition coefficient (Wildman–Crippen LogP) is 9.60. The van der Waals surface area contributed by atoms with Crippen molar-refractivity contribution in [3.63, 3.8) is 0 Å². The average Bonchev–Trinajstić information content (AvgIpc) is 2.80. The molecule has 0 unspecified atom stereocenters. The molecule has 0 spiro atoms. The molecule has 3 heteroatoms. The van der Waals surface area contributed by atoms with E-state index in [9.17, 15) is 5.11 Å². The largest absolute Gasteiger partial charge is 0.506 e. The molecule has 0 heterocycles. The summed E-state index contributed by atoms with van der Waals surface area (Å²) in [5.41, 5.74) is 2.73. The molecule has 3 rings (SSSR count). The minimum absolute atomic E-state index is 0.164. The molecule has 0 fully saturated rings. The third-order valence-electron chi connectivity index (χ3n) is 6.06. The summed E-state index contributed by atoms with van der Waals surface area (Å²) in [6.07, 6.45) is 11.5. The zero-order valence-electron chi connectivity index (χ0n) is 19.1. The van der Waals surface area contributed by atoms with Gasteiger partial charge in [0.15, 0.2) is 0 Å². The Kier molecular flexibility index (Phi) is 9.08. The third-order valence-corrected chi connectivity index (χ3v) is 6.06. The molecule has 0 radical (unpaired) electrons. The van der Waals surface area contributed by atoms with Gasteiger partial charge in [0.1, 0.15) is 11.4 Å². The summed E-state index contributed by atoms with van der Waals surface area (Å²) in [6, 6.07) is 19.9. The molecule has 0 aliphatic heterocycles. The van der Waals surface area contributed by atoms with Crippen molar-refractivity contribution in [2.75, 3.05) is 0 Å². The van der Waals surface area contributed by atoms with E-state index in [4.69, 9.17) is 0 Å². The van der Waals surface area contributed by atoms with Gasteiger partial charge in [-0.3, -0.25) is 0 Å². The predicted molar refractivity (Wildman–Crippen MR) is 132 cm³/mol. The van der Waals surface area contributed by atoms with Gasteiger partial charge in [-0.25, -0.2) is 0 Å². The molecule has 0 bridgehead atoms. The van der Waals surface area contributed by atoms with Gasteiger partial charge in [0, 0.05) is 5.39 Å². The summed E-state index contributed by atoms with van der Waals surface area (Å²) >= 11 is 0. The number of unbranched alkanes of at least 4 members (excludes halogenated alkanes) is 5. The molecular weight excluding hydrogens is 380 g/mol. The number of rotatable bonds is 12. The number of phenols is 1. The van der Waals surface area contributed by atoms with Crippen LogP contribution in [0.3, 0.4) is 0 Å². The van der Waals surface area contributed by atoms with E-state index < -0.39 is 0 Å². The summed E-state index contributed by atoms with van der Waals surface area (Å²) in [5.74, 6) is 0.671. The second-order valence-corrected chi connectivity index (χ2v) is 8.46. The maximum absolute atomic E-state index is 10.4. The standard InChI is InChI=1S/C28H36N2O/c1-3-5-6-7-8-9-15-22(14-4-2)24-17-12-13-19-26(24)29-30-28-25-18-11-10-16-23(25)20-21-27(28)31/h10-13,16-22,31H,3-9,14-15H2,1-2H3/t22-/m0/s1. The van der Waals surface area contributed by atoms with Gasteiger partial charge in [-0.15, -0.1) is 5.11 Å². The molecule has 164 valence electrons. The van der Waals surface area contributed by atoms with E-state index in [0.717, 1.165) is 22.9 Å². The highest BCUT2D eigenvalue weighted by molar-refractivity contribution is 5.95. The lowest BCUT2D eigenvalue weighted by Crippen LogP contribution is -1.99. The second kappa shape index (κ2) is 12.2. The van der Waals surface area contributed by atoms with Crippen molar-refractivity contribution >= 4 is 22.1 Å². The maximum Gasteiger partial charge on any atom is 0.143 e. The minimum atomic E-state index is 0.164. The van der Waals surface area contributed by atoms with E-state index in [-0.39, 0.29) is 5.75 Å². The lowest BCUT2D eigenvalue weighted by atomic mass is 9.88. The molecule has 0 saturated carbocycles. The highest BCUT2D eigenvalue weighted by atomic mass is 16.3. The van der Waals surface area contributed by atoms with Crippen LogP contribution in [0.4, 0.5) is 11.4 Å². The van der Waals surface area contributed by atoms with Gasteiger partial charge in [-0.2, -0.15) is 5.11 Å². The summed E-state index contributed by atoms with van der Waals surface area (Å²) < 4.78 is 0. The number of aromatic hydroxyl groups is 1. The quantitative estimate of drug-likeness (QED) is 0.232. The first-order valence-electron chi connectivity index (χ1n) is 12.0. The Morgan fingerprint density at radius 2 is 1.45 bits per heavy atom. The van der Waals surface area contributed by atoms with Gasteiger partial charge in [0.25, 0.3) is 0 Å². The van der Waals surface area contributed by atoms with Gasteiger partial charge >= 0.3 is 0 Å². The van der Waals surface area contributed by atoms with Crippen LogP contribution in [0.5, 0.6) is 5.75 Å². The van der Waals surface area contributed by atoms with Gasteiger partial charge in [-0.05, 0) is 41.8 Å². The third kappa shape index (κ3) is 6.40. The first kappa shape index (κ1) is 23.0. The van der Waals surface area contributed by atoms with Crippen LogP contribution in [0.2, 0.25) is 0 Å². The lowest BCUT2D eigenvalue weighted by Gasteiger charge is -2.18. The van der Waals surface area contributed by atoms with E-state index in [1.165, 1.54) is 56.9 Å². The molecule has 3 aromatic carbocycles. The number of hydrogen-bond donors (Lipinski definition) is 1. The van der Waals surface area contributed by atoms with Gasteiger partial charge in [0.2, 0.25) is 0 Å². The fourth-order valence-corrected chi connectivity index (χ4v) is 4.35. The molecule has 1 N–H and O–H groups in total. The van der Waals surface area contributed by atoms with E-state index >= 15 is 0 Å². The maximum atomic E-state index is 10.4. The summed E-state index contributed by atoms with van der Waals surface area (Å²) in [4.78, 5) is 0. The topological polar surface area (TPSA) is 45.0 Å². The van der Waals surface area contributed by atoms with Crippen LogP contribution in [0.15, 0.2) is 70.9 Å². The van der Waals surface area contributed by atoms with Crippen molar-refractivity contribution < 1.29 is 5.11 Å². The average molecular weight is 417 g/mol. The number of phenolic OH excluding ortho intramolecular Hbond substituents is 1. The van der Waals surface area contributed by atoms with Crippen LogP contribution in [-0.2, 0) is 0 Å².